The van der Waals surface area contributed by atoms with Crippen molar-refractivity contribution in [3.63, 3.8) is 0 Å². The van der Waals surface area contributed by atoms with Crippen LogP contribution < -0.4 is 0 Å². The maximum atomic E-state index is 12.3. The van der Waals surface area contributed by atoms with E-state index in [4.69, 9.17) is 0 Å². The summed E-state index contributed by atoms with van der Waals surface area (Å²) >= 11 is 0. The first-order valence-corrected chi connectivity index (χ1v) is 7.48. The van der Waals surface area contributed by atoms with Gasteiger partial charge in [-0.25, -0.2) is 0 Å². The summed E-state index contributed by atoms with van der Waals surface area (Å²) in [6.45, 7) is 4.60. The summed E-state index contributed by atoms with van der Waals surface area (Å²) in [4.78, 5) is 14.2. The minimum atomic E-state index is 0.132. The van der Waals surface area contributed by atoms with E-state index in [2.05, 4.69) is 29.4 Å². The summed E-state index contributed by atoms with van der Waals surface area (Å²) in [5.74, 6) is 0.614. The lowest BCUT2D eigenvalue weighted by atomic mass is 9.98. The number of benzene rings is 1. The van der Waals surface area contributed by atoms with Gasteiger partial charge < -0.3 is 4.90 Å². The minimum absolute atomic E-state index is 0.132. The van der Waals surface area contributed by atoms with Crippen molar-refractivity contribution in [1.29, 1.82) is 0 Å². The van der Waals surface area contributed by atoms with Crippen LogP contribution in [-0.2, 0) is 13.0 Å². The van der Waals surface area contributed by atoms with Gasteiger partial charge in [0.1, 0.15) is 0 Å². The number of aromatic nitrogens is 3. The first-order valence-electron chi connectivity index (χ1n) is 7.48. The van der Waals surface area contributed by atoms with Crippen LogP contribution in [-0.4, -0.2) is 38.9 Å². The number of nitrogens with zero attached hydrogens (tertiary/aromatic N) is 4. The van der Waals surface area contributed by atoms with Crippen molar-refractivity contribution in [2.24, 2.45) is 5.92 Å². The molecule has 1 fully saturated rings. The molecule has 110 valence electrons. The van der Waals surface area contributed by atoms with Crippen LogP contribution in [0.4, 0.5) is 0 Å². The molecule has 1 saturated heterocycles. The van der Waals surface area contributed by atoms with Gasteiger partial charge in [0.05, 0.1) is 6.20 Å². The zero-order chi connectivity index (χ0) is 14.7. The molecule has 0 radical (unpaired) electrons. The predicted molar refractivity (Wildman–Crippen MR) is 79.9 cm³/mol. The molecular weight excluding hydrogens is 264 g/mol. The highest BCUT2D eigenvalue weighted by atomic mass is 16.2. The lowest BCUT2D eigenvalue weighted by molar-refractivity contribution is 0.0460. The second-order valence-electron chi connectivity index (χ2n) is 5.65. The fourth-order valence-electron chi connectivity index (χ4n) is 2.73. The van der Waals surface area contributed by atoms with E-state index in [1.54, 1.807) is 6.20 Å². The van der Waals surface area contributed by atoms with Gasteiger partial charge in [-0.2, -0.15) is 0 Å². The maximum Gasteiger partial charge on any atom is 0.253 e. The molecule has 0 saturated carbocycles. The van der Waals surface area contributed by atoms with E-state index in [9.17, 15) is 4.79 Å². The summed E-state index contributed by atoms with van der Waals surface area (Å²) in [5, 5.41) is 7.75. The Kier molecular flexibility index (Phi) is 3.99. The molecule has 0 N–H and O–H groups in total. The number of hydrogen-bond acceptors (Lipinski definition) is 3. The number of aryl methyl sites for hydroxylation is 1. The molecule has 1 amide bonds. The zero-order valence-electron chi connectivity index (χ0n) is 12.3. The first kappa shape index (κ1) is 13.8. The SMILES string of the molecule is CCCc1ccc(C(=O)N2CC(Cn3ccnn3)C2)cc1. The first-order chi connectivity index (χ1) is 10.3. The van der Waals surface area contributed by atoms with Gasteiger partial charge >= 0.3 is 0 Å². The Labute approximate surface area is 124 Å². The van der Waals surface area contributed by atoms with E-state index in [1.165, 1.54) is 5.56 Å². The van der Waals surface area contributed by atoms with Crippen LogP contribution in [0, 0.1) is 5.92 Å². The maximum absolute atomic E-state index is 12.3. The van der Waals surface area contributed by atoms with Gasteiger partial charge in [0.25, 0.3) is 5.91 Å². The monoisotopic (exact) mass is 284 g/mol. The largest absolute Gasteiger partial charge is 0.338 e. The molecule has 0 spiro atoms. The molecule has 5 nitrogen and oxygen atoms in total. The lowest BCUT2D eigenvalue weighted by Crippen LogP contribution is -2.51. The smallest absolute Gasteiger partial charge is 0.253 e. The highest BCUT2D eigenvalue weighted by molar-refractivity contribution is 5.94. The Bertz CT molecular complexity index is 585. The molecule has 2 aromatic rings. The van der Waals surface area contributed by atoms with Gasteiger partial charge in [-0.1, -0.05) is 30.7 Å². The van der Waals surface area contributed by atoms with Crippen molar-refractivity contribution in [2.75, 3.05) is 13.1 Å². The van der Waals surface area contributed by atoms with E-state index in [-0.39, 0.29) is 5.91 Å². The third-order valence-corrected chi connectivity index (χ3v) is 3.90. The fourth-order valence-corrected chi connectivity index (χ4v) is 2.73. The zero-order valence-corrected chi connectivity index (χ0v) is 12.3. The van der Waals surface area contributed by atoms with Crippen molar-refractivity contribution in [3.8, 4) is 0 Å². The normalized spacial score (nSPS) is 15.0. The van der Waals surface area contributed by atoms with Crippen molar-refractivity contribution < 1.29 is 4.79 Å². The molecule has 0 atom stereocenters. The van der Waals surface area contributed by atoms with E-state index in [0.717, 1.165) is 38.0 Å². The molecule has 2 heterocycles. The number of carbonyl (C=O) groups excluding carboxylic acids is 1. The van der Waals surface area contributed by atoms with Crippen LogP contribution in [0.15, 0.2) is 36.7 Å². The summed E-state index contributed by atoms with van der Waals surface area (Å²) in [5.41, 5.74) is 2.08. The Hall–Kier alpha value is -2.17. The van der Waals surface area contributed by atoms with Gasteiger partial charge in [-0.05, 0) is 24.1 Å². The van der Waals surface area contributed by atoms with Crippen LogP contribution in [0.3, 0.4) is 0 Å². The molecule has 1 aromatic heterocycles. The fraction of sp³-hybridized carbons (Fsp3) is 0.438. The second kappa shape index (κ2) is 6.08. The molecule has 0 unspecified atom stereocenters. The predicted octanol–water partition coefficient (Wildman–Crippen LogP) is 2.00. The van der Waals surface area contributed by atoms with Gasteiger partial charge in [-0.3, -0.25) is 9.48 Å². The second-order valence-corrected chi connectivity index (χ2v) is 5.65. The van der Waals surface area contributed by atoms with Crippen molar-refractivity contribution in [3.05, 3.63) is 47.8 Å². The Morgan fingerprint density at radius 3 is 2.67 bits per heavy atom. The highest BCUT2D eigenvalue weighted by Crippen LogP contribution is 2.20. The van der Waals surface area contributed by atoms with Crippen molar-refractivity contribution in [1.82, 2.24) is 19.9 Å². The number of amides is 1. The average molecular weight is 284 g/mol. The molecule has 0 bridgehead atoms. The minimum Gasteiger partial charge on any atom is -0.338 e. The molecule has 0 aliphatic carbocycles. The third kappa shape index (κ3) is 3.12. The number of rotatable bonds is 5. The lowest BCUT2D eigenvalue weighted by Gasteiger charge is -2.39. The highest BCUT2D eigenvalue weighted by Gasteiger charge is 2.31. The van der Waals surface area contributed by atoms with E-state index < -0.39 is 0 Å². The topological polar surface area (TPSA) is 51.0 Å². The van der Waals surface area contributed by atoms with Crippen LogP contribution in [0.5, 0.6) is 0 Å². The molecular formula is C16H20N4O. The van der Waals surface area contributed by atoms with Gasteiger partial charge in [0, 0.05) is 37.3 Å². The standard InChI is InChI=1S/C16H20N4O/c1-2-3-13-4-6-15(7-5-13)16(21)19-10-14(11-19)12-20-9-8-17-18-20/h4-9,14H,2-3,10-12H2,1H3. The Morgan fingerprint density at radius 2 is 2.05 bits per heavy atom. The number of likely N-dealkylation sites (tertiary alicyclic amines) is 1. The Balaban J connectivity index is 1.53. The third-order valence-electron chi connectivity index (χ3n) is 3.90. The Morgan fingerprint density at radius 1 is 1.29 bits per heavy atom. The summed E-state index contributed by atoms with van der Waals surface area (Å²) in [7, 11) is 0. The van der Waals surface area contributed by atoms with Crippen molar-refractivity contribution >= 4 is 5.91 Å². The molecule has 21 heavy (non-hydrogen) atoms. The summed E-state index contributed by atoms with van der Waals surface area (Å²) in [6, 6.07) is 8.00. The molecule has 3 rings (SSSR count). The molecule has 5 heteroatoms. The van der Waals surface area contributed by atoms with Crippen LogP contribution in [0.1, 0.15) is 29.3 Å². The number of hydrogen-bond donors (Lipinski definition) is 0. The van der Waals surface area contributed by atoms with E-state index in [0.29, 0.717) is 5.92 Å². The van der Waals surface area contributed by atoms with Crippen LogP contribution in [0.25, 0.3) is 0 Å². The van der Waals surface area contributed by atoms with Crippen molar-refractivity contribution in [2.45, 2.75) is 26.3 Å². The van der Waals surface area contributed by atoms with Crippen LogP contribution >= 0.6 is 0 Å². The summed E-state index contributed by atoms with van der Waals surface area (Å²) in [6.07, 6.45) is 5.73. The van der Waals surface area contributed by atoms with E-state index >= 15 is 0 Å². The molecule has 1 aliphatic rings. The number of carbonyl (C=O) groups is 1. The van der Waals surface area contributed by atoms with Gasteiger partial charge in [0.15, 0.2) is 0 Å². The van der Waals surface area contributed by atoms with Crippen LogP contribution in [0.2, 0.25) is 0 Å². The van der Waals surface area contributed by atoms with E-state index in [1.807, 2.05) is 27.9 Å². The average Bonchev–Trinajstić information content (AvgIpc) is 2.96. The van der Waals surface area contributed by atoms with Gasteiger partial charge in [0.2, 0.25) is 0 Å². The van der Waals surface area contributed by atoms with Gasteiger partial charge in [-0.15, -0.1) is 5.10 Å². The summed E-state index contributed by atoms with van der Waals surface area (Å²) < 4.78 is 1.83. The quantitative estimate of drug-likeness (QED) is 0.844. The molecule has 1 aliphatic heterocycles. The molecule has 1 aromatic carbocycles.